The van der Waals surface area contributed by atoms with Crippen LogP contribution in [0.4, 0.5) is 5.69 Å². The minimum absolute atomic E-state index is 0.0231. The van der Waals surface area contributed by atoms with Crippen LogP contribution in [0.15, 0.2) is 83.8 Å². The van der Waals surface area contributed by atoms with Gasteiger partial charge in [-0.15, -0.1) is 0 Å². The van der Waals surface area contributed by atoms with E-state index >= 15 is 0 Å². The van der Waals surface area contributed by atoms with Crippen LogP contribution in [0.25, 0.3) is 0 Å². The zero-order valence-electron chi connectivity index (χ0n) is 24.0. The van der Waals surface area contributed by atoms with E-state index in [0.717, 1.165) is 42.0 Å². The molecule has 3 aromatic rings. The van der Waals surface area contributed by atoms with Crippen molar-refractivity contribution in [2.75, 3.05) is 17.5 Å². The van der Waals surface area contributed by atoms with Gasteiger partial charge in [-0.2, -0.15) is 0 Å². The molecule has 1 N–H and O–H groups in total. The van der Waals surface area contributed by atoms with Crippen LogP contribution < -0.4 is 14.4 Å². The van der Waals surface area contributed by atoms with Crippen molar-refractivity contribution in [1.82, 2.24) is 10.2 Å². The molecule has 1 atom stereocenters. The number of carbonyl (C=O) groups excluding carboxylic acids is 2. The van der Waals surface area contributed by atoms with Gasteiger partial charge in [0.25, 0.3) is 10.0 Å². The Labute approximate surface area is 253 Å². The van der Waals surface area contributed by atoms with E-state index in [2.05, 4.69) is 5.32 Å². The van der Waals surface area contributed by atoms with Crippen LogP contribution in [0.5, 0.6) is 5.75 Å². The average Bonchev–Trinajstić information content (AvgIpc) is 3.00. The zero-order chi connectivity index (χ0) is 30.1. The molecule has 1 fully saturated rings. The SMILES string of the molecule is CCOc1ccc(S(=O)(=O)N(CC(=O)N(Cc2ccc(Cl)cc2)[C@@H](C)C(=O)NC2CCCCC2)c2ccccc2)cc1. The highest BCUT2D eigenvalue weighted by molar-refractivity contribution is 7.92. The predicted octanol–water partition coefficient (Wildman–Crippen LogP) is 5.80. The lowest BCUT2D eigenvalue weighted by atomic mass is 9.95. The van der Waals surface area contributed by atoms with Crippen molar-refractivity contribution in [3.63, 3.8) is 0 Å². The van der Waals surface area contributed by atoms with Crippen LogP contribution >= 0.6 is 11.6 Å². The van der Waals surface area contributed by atoms with Gasteiger partial charge in [-0.3, -0.25) is 13.9 Å². The van der Waals surface area contributed by atoms with E-state index in [9.17, 15) is 18.0 Å². The number of carbonyl (C=O) groups is 2. The maximum absolute atomic E-state index is 14.0. The number of para-hydroxylation sites is 1. The lowest BCUT2D eigenvalue weighted by molar-refractivity contribution is -0.139. The predicted molar refractivity (Wildman–Crippen MR) is 165 cm³/mol. The number of anilines is 1. The van der Waals surface area contributed by atoms with Gasteiger partial charge in [-0.05, 0) is 80.8 Å². The van der Waals surface area contributed by atoms with Gasteiger partial charge in [0.05, 0.1) is 17.2 Å². The minimum atomic E-state index is -4.15. The molecule has 0 bridgehead atoms. The summed E-state index contributed by atoms with van der Waals surface area (Å²) in [5.74, 6) is -0.217. The summed E-state index contributed by atoms with van der Waals surface area (Å²) in [5, 5.41) is 3.66. The number of ether oxygens (including phenoxy) is 1. The van der Waals surface area contributed by atoms with E-state index in [0.29, 0.717) is 23.1 Å². The maximum atomic E-state index is 14.0. The highest BCUT2D eigenvalue weighted by Gasteiger charge is 2.33. The third-order valence-corrected chi connectivity index (χ3v) is 9.47. The summed E-state index contributed by atoms with van der Waals surface area (Å²) in [4.78, 5) is 28.9. The van der Waals surface area contributed by atoms with Gasteiger partial charge < -0.3 is 15.0 Å². The fourth-order valence-electron chi connectivity index (χ4n) is 5.06. The highest BCUT2D eigenvalue weighted by atomic mass is 35.5. The van der Waals surface area contributed by atoms with Gasteiger partial charge >= 0.3 is 0 Å². The Balaban J connectivity index is 1.64. The highest BCUT2D eigenvalue weighted by Crippen LogP contribution is 2.26. The summed E-state index contributed by atoms with van der Waals surface area (Å²) in [7, 11) is -4.15. The van der Waals surface area contributed by atoms with E-state index in [4.69, 9.17) is 16.3 Å². The Bertz CT molecular complexity index is 1430. The van der Waals surface area contributed by atoms with Crippen molar-refractivity contribution < 1.29 is 22.7 Å². The number of hydrogen-bond acceptors (Lipinski definition) is 5. The third kappa shape index (κ3) is 8.04. The molecule has 0 aromatic heterocycles. The van der Waals surface area contributed by atoms with E-state index in [1.807, 2.05) is 6.92 Å². The first-order chi connectivity index (χ1) is 20.2. The molecule has 1 aliphatic carbocycles. The van der Waals surface area contributed by atoms with Gasteiger partial charge in [0.1, 0.15) is 18.3 Å². The molecular weight excluding hydrogens is 574 g/mol. The number of amides is 2. The molecule has 0 heterocycles. The van der Waals surface area contributed by atoms with Crippen LogP contribution in [0.1, 0.15) is 51.5 Å². The molecule has 4 rings (SSSR count). The van der Waals surface area contributed by atoms with E-state index in [-0.39, 0.29) is 23.4 Å². The number of nitrogens with one attached hydrogen (secondary N) is 1. The van der Waals surface area contributed by atoms with Crippen LogP contribution in [-0.4, -0.2) is 50.4 Å². The van der Waals surface area contributed by atoms with Crippen molar-refractivity contribution in [3.05, 3.63) is 89.4 Å². The first-order valence-corrected chi connectivity index (χ1v) is 16.2. The Morgan fingerprint density at radius 1 is 0.952 bits per heavy atom. The smallest absolute Gasteiger partial charge is 0.264 e. The maximum Gasteiger partial charge on any atom is 0.264 e. The fraction of sp³-hybridized carbons (Fsp3) is 0.375. The molecule has 42 heavy (non-hydrogen) atoms. The van der Waals surface area contributed by atoms with E-state index in [1.54, 1.807) is 73.7 Å². The summed E-state index contributed by atoms with van der Waals surface area (Å²) in [5.41, 5.74) is 1.11. The Morgan fingerprint density at radius 3 is 2.21 bits per heavy atom. The summed E-state index contributed by atoms with van der Waals surface area (Å²) in [6, 6.07) is 20.9. The molecule has 8 nitrogen and oxygen atoms in total. The monoisotopic (exact) mass is 611 g/mol. The second kappa shape index (κ2) is 14.6. The van der Waals surface area contributed by atoms with E-state index < -0.39 is 28.5 Å². The Hall–Kier alpha value is -3.56. The van der Waals surface area contributed by atoms with Crippen molar-refractivity contribution in [2.24, 2.45) is 0 Å². The topological polar surface area (TPSA) is 96.0 Å². The number of rotatable bonds is 12. The second-order valence-corrected chi connectivity index (χ2v) is 12.7. The fourth-order valence-corrected chi connectivity index (χ4v) is 6.60. The standard InChI is InChI=1S/C32H38ClN3O5S/c1-3-41-29-18-20-30(21-19-29)42(39,40)36(28-12-8-5-9-13-28)23-31(37)35(22-25-14-16-26(33)17-15-25)24(2)32(38)34-27-10-6-4-7-11-27/h5,8-9,12-21,24,27H,3-4,6-7,10-11,22-23H2,1-2H3,(H,34,38)/t24-/m0/s1. The largest absolute Gasteiger partial charge is 0.494 e. The zero-order valence-corrected chi connectivity index (χ0v) is 25.6. The van der Waals surface area contributed by atoms with Crippen molar-refractivity contribution in [3.8, 4) is 5.75 Å². The molecule has 0 radical (unpaired) electrons. The van der Waals surface area contributed by atoms with Crippen molar-refractivity contribution in [2.45, 2.75) is 69.5 Å². The number of halogens is 1. The molecule has 0 spiro atoms. The van der Waals surface area contributed by atoms with Gasteiger partial charge in [0.2, 0.25) is 11.8 Å². The van der Waals surface area contributed by atoms with Crippen molar-refractivity contribution in [1.29, 1.82) is 0 Å². The molecule has 0 unspecified atom stereocenters. The molecule has 2 amide bonds. The van der Waals surface area contributed by atoms with Crippen molar-refractivity contribution >= 4 is 39.1 Å². The number of sulfonamides is 1. The van der Waals surface area contributed by atoms with Crippen LogP contribution in [0.3, 0.4) is 0 Å². The van der Waals surface area contributed by atoms with Gasteiger partial charge in [0.15, 0.2) is 0 Å². The number of nitrogens with zero attached hydrogens (tertiary/aromatic N) is 2. The summed E-state index contributed by atoms with van der Waals surface area (Å²) >= 11 is 6.08. The normalized spacial score (nSPS) is 14.5. The molecule has 224 valence electrons. The third-order valence-electron chi connectivity index (χ3n) is 7.43. The lowest BCUT2D eigenvalue weighted by Crippen LogP contribution is -2.53. The first-order valence-electron chi connectivity index (χ1n) is 14.3. The quantitative estimate of drug-likeness (QED) is 0.279. The Morgan fingerprint density at radius 2 is 1.60 bits per heavy atom. The lowest BCUT2D eigenvalue weighted by Gasteiger charge is -2.33. The second-order valence-electron chi connectivity index (χ2n) is 10.4. The molecule has 3 aromatic carbocycles. The summed E-state index contributed by atoms with van der Waals surface area (Å²) in [6.07, 6.45) is 5.09. The van der Waals surface area contributed by atoms with Crippen LogP contribution in [-0.2, 0) is 26.2 Å². The van der Waals surface area contributed by atoms with E-state index in [1.165, 1.54) is 17.0 Å². The van der Waals surface area contributed by atoms with Crippen LogP contribution in [0, 0.1) is 0 Å². The molecule has 10 heteroatoms. The Kier molecular flexibility index (Phi) is 10.9. The first kappa shape index (κ1) is 31.4. The van der Waals surface area contributed by atoms with Gasteiger partial charge in [-0.25, -0.2) is 8.42 Å². The summed E-state index contributed by atoms with van der Waals surface area (Å²) < 4.78 is 34.4. The number of hydrogen-bond donors (Lipinski definition) is 1. The van der Waals surface area contributed by atoms with Gasteiger partial charge in [-0.1, -0.05) is 61.2 Å². The molecule has 0 aliphatic heterocycles. The minimum Gasteiger partial charge on any atom is -0.494 e. The molecule has 1 saturated carbocycles. The van der Waals surface area contributed by atoms with Gasteiger partial charge in [0, 0.05) is 17.6 Å². The molecular formula is C32H38ClN3O5S. The summed E-state index contributed by atoms with van der Waals surface area (Å²) in [6.45, 7) is 3.60. The molecule has 0 saturated heterocycles. The number of benzene rings is 3. The van der Waals surface area contributed by atoms with Crippen LogP contribution in [0.2, 0.25) is 5.02 Å². The molecule has 1 aliphatic rings. The average molecular weight is 612 g/mol.